The van der Waals surface area contributed by atoms with Crippen molar-refractivity contribution in [1.29, 1.82) is 0 Å². The molecule has 0 bridgehead atoms. The first-order chi connectivity index (χ1) is 14.0. The summed E-state index contributed by atoms with van der Waals surface area (Å²) in [6, 6.07) is 17.3. The van der Waals surface area contributed by atoms with E-state index in [-0.39, 0.29) is 17.6 Å². The van der Waals surface area contributed by atoms with Gasteiger partial charge in [-0.1, -0.05) is 24.3 Å². The molecule has 0 saturated heterocycles. The van der Waals surface area contributed by atoms with Crippen molar-refractivity contribution in [3.05, 3.63) is 71.9 Å². The lowest BCUT2D eigenvalue weighted by molar-refractivity contribution is -0.122. The van der Waals surface area contributed by atoms with Crippen LogP contribution in [0.3, 0.4) is 0 Å². The molecule has 0 radical (unpaired) electrons. The van der Waals surface area contributed by atoms with Gasteiger partial charge in [-0.3, -0.25) is 4.79 Å². The smallest absolute Gasteiger partial charge is 0.227 e. The minimum atomic E-state index is -0.242. The number of aromatic nitrogens is 1. The van der Waals surface area contributed by atoms with Gasteiger partial charge in [0.25, 0.3) is 0 Å². The maximum atomic E-state index is 12.6. The number of nitrogens with one attached hydrogen (secondary N) is 2. The van der Waals surface area contributed by atoms with E-state index in [2.05, 4.69) is 16.4 Å². The number of phenols is 1. The molecule has 29 heavy (non-hydrogen) atoms. The first-order valence-electron chi connectivity index (χ1n) is 9.69. The maximum Gasteiger partial charge on any atom is 0.227 e. The average Bonchev–Trinajstić information content (AvgIpc) is 3.14. The molecule has 0 aliphatic carbocycles. The van der Waals surface area contributed by atoms with Crippen molar-refractivity contribution in [1.82, 2.24) is 10.3 Å². The summed E-state index contributed by atoms with van der Waals surface area (Å²) in [4.78, 5) is 15.8. The summed E-state index contributed by atoms with van der Waals surface area (Å²) in [5, 5.41) is 15.9. The molecule has 3 N–H and O–H groups in total. The quantitative estimate of drug-likeness (QED) is 0.455. The van der Waals surface area contributed by atoms with Crippen LogP contribution in [0.25, 0.3) is 21.7 Å². The number of hydrogen-bond donors (Lipinski definition) is 3. The predicted octanol–water partition coefficient (Wildman–Crippen LogP) is 4.50. The van der Waals surface area contributed by atoms with Crippen molar-refractivity contribution in [3.8, 4) is 11.5 Å². The number of rotatable bonds is 6. The van der Waals surface area contributed by atoms with Gasteiger partial charge in [-0.05, 0) is 65.6 Å². The fraction of sp³-hybridized carbons (Fsp3) is 0.208. The van der Waals surface area contributed by atoms with Crippen molar-refractivity contribution in [2.24, 2.45) is 0 Å². The third-order valence-electron chi connectivity index (χ3n) is 5.41. The molecule has 0 spiro atoms. The molecular formula is C24H24N2O3. The molecule has 1 amide bonds. The topological polar surface area (TPSA) is 74.3 Å². The van der Waals surface area contributed by atoms with E-state index in [1.165, 1.54) is 0 Å². The van der Waals surface area contributed by atoms with Gasteiger partial charge in [-0.15, -0.1) is 0 Å². The number of carbonyl (C=O) groups excluding carboxylic acids is 1. The van der Waals surface area contributed by atoms with Gasteiger partial charge in [0, 0.05) is 23.6 Å². The number of aromatic amines is 1. The van der Waals surface area contributed by atoms with Crippen LogP contribution in [0.1, 0.15) is 24.0 Å². The lowest BCUT2D eigenvalue weighted by Gasteiger charge is -2.14. The van der Waals surface area contributed by atoms with Crippen LogP contribution in [0, 0.1) is 0 Å². The third-order valence-corrected chi connectivity index (χ3v) is 5.41. The van der Waals surface area contributed by atoms with Crippen molar-refractivity contribution < 1.29 is 14.6 Å². The van der Waals surface area contributed by atoms with Gasteiger partial charge >= 0.3 is 0 Å². The van der Waals surface area contributed by atoms with Gasteiger partial charge in [0.15, 0.2) is 0 Å². The molecule has 0 aliphatic heterocycles. The zero-order chi connectivity index (χ0) is 20.4. The highest BCUT2D eigenvalue weighted by Crippen LogP contribution is 2.26. The van der Waals surface area contributed by atoms with Gasteiger partial charge in [0.1, 0.15) is 11.5 Å². The van der Waals surface area contributed by atoms with E-state index in [9.17, 15) is 9.90 Å². The number of methoxy groups -OCH3 is 1. The van der Waals surface area contributed by atoms with Crippen LogP contribution in [0.4, 0.5) is 0 Å². The monoisotopic (exact) mass is 388 g/mol. The Morgan fingerprint density at radius 1 is 1.10 bits per heavy atom. The van der Waals surface area contributed by atoms with Gasteiger partial charge in [-0.2, -0.15) is 0 Å². The molecule has 1 heterocycles. The van der Waals surface area contributed by atoms with Gasteiger partial charge in [0.05, 0.1) is 13.0 Å². The zero-order valence-corrected chi connectivity index (χ0v) is 16.5. The fourth-order valence-corrected chi connectivity index (χ4v) is 3.64. The molecule has 148 valence electrons. The molecule has 3 aromatic carbocycles. The second kappa shape index (κ2) is 7.87. The van der Waals surface area contributed by atoms with Crippen molar-refractivity contribution in [2.75, 3.05) is 13.7 Å². The van der Waals surface area contributed by atoms with Gasteiger partial charge < -0.3 is 20.1 Å². The highest BCUT2D eigenvalue weighted by atomic mass is 16.5. The summed E-state index contributed by atoms with van der Waals surface area (Å²) in [5.74, 6) is 0.820. The minimum Gasteiger partial charge on any atom is -0.508 e. The molecular weight excluding hydrogens is 364 g/mol. The third kappa shape index (κ3) is 3.90. The predicted molar refractivity (Wildman–Crippen MR) is 116 cm³/mol. The number of H-pyrrole nitrogens is 1. The largest absolute Gasteiger partial charge is 0.508 e. The molecule has 1 atom stereocenters. The van der Waals surface area contributed by atoms with Gasteiger partial charge in [0.2, 0.25) is 5.91 Å². The molecule has 0 saturated carbocycles. The molecule has 4 aromatic rings. The van der Waals surface area contributed by atoms with E-state index < -0.39 is 0 Å². The van der Waals surface area contributed by atoms with E-state index in [4.69, 9.17) is 4.74 Å². The number of ether oxygens (including phenoxy) is 1. The first kappa shape index (κ1) is 18.9. The number of benzene rings is 3. The zero-order valence-electron chi connectivity index (χ0n) is 16.5. The summed E-state index contributed by atoms with van der Waals surface area (Å²) in [6.07, 6.45) is 2.62. The van der Waals surface area contributed by atoms with Crippen LogP contribution in [0.2, 0.25) is 0 Å². The average molecular weight is 388 g/mol. The first-order valence-corrected chi connectivity index (χ1v) is 9.69. The number of phenolic OH excluding ortho intramolecular Hbond substituents is 1. The molecule has 0 aliphatic rings. The lowest BCUT2D eigenvalue weighted by atomic mass is 9.97. The van der Waals surface area contributed by atoms with Crippen LogP contribution < -0.4 is 10.1 Å². The summed E-state index contributed by atoms with van der Waals surface area (Å²) < 4.78 is 5.27. The van der Waals surface area contributed by atoms with Crippen LogP contribution in [0.5, 0.6) is 11.5 Å². The SMILES string of the molecule is COc1ccc2cc([C@H](C)C(=O)NCCc3c[nH]c4ccc(O)cc34)ccc2c1. The Hall–Kier alpha value is -3.47. The molecule has 5 heteroatoms. The van der Waals surface area contributed by atoms with Crippen LogP contribution in [-0.4, -0.2) is 29.7 Å². The molecule has 4 rings (SSSR count). The summed E-state index contributed by atoms with van der Waals surface area (Å²) in [5.41, 5.74) is 3.03. The highest BCUT2D eigenvalue weighted by molar-refractivity contribution is 5.88. The molecule has 0 fully saturated rings. The van der Waals surface area contributed by atoms with Crippen LogP contribution in [-0.2, 0) is 11.2 Å². The summed E-state index contributed by atoms with van der Waals surface area (Å²) in [7, 11) is 1.65. The van der Waals surface area contributed by atoms with Crippen molar-refractivity contribution in [2.45, 2.75) is 19.3 Å². The molecule has 5 nitrogen and oxygen atoms in total. The van der Waals surface area contributed by atoms with Crippen LogP contribution in [0.15, 0.2) is 60.8 Å². The Balaban J connectivity index is 1.41. The molecule has 0 unspecified atom stereocenters. The Morgan fingerprint density at radius 3 is 2.72 bits per heavy atom. The van der Waals surface area contributed by atoms with E-state index in [1.54, 1.807) is 19.2 Å². The van der Waals surface area contributed by atoms with Gasteiger partial charge in [-0.25, -0.2) is 0 Å². The van der Waals surface area contributed by atoms with Crippen LogP contribution >= 0.6 is 0 Å². The number of aromatic hydroxyl groups is 1. The number of fused-ring (bicyclic) bond motifs is 2. The standard InChI is InChI=1S/C24H24N2O3/c1-15(16-3-4-18-12-21(29-2)7-5-17(18)11-16)24(28)25-10-9-19-14-26-23-8-6-20(27)13-22(19)23/h3-8,11-15,26-27H,9-10H2,1-2H3,(H,25,28)/t15-/m0/s1. The highest BCUT2D eigenvalue weighted by Gasteiger charge is 2.15. The Kier molecular flexibility index (Phi) is 5.12. The van der Waals surface area contributed by atoms with E-state index >= 15 is 0 Å². The second-order valence-corrected chi connectivity index (χ2v) is 7.28. The summed E-state index contributed by atoms with van der Waals surface area (Å²) >= 11 is 0. The van der Waals surface area contributed by atoms with E-state index in [1.807, 2.05) is 49.5 Å². The van der Waals surface area contributed by atoms with Crippen molar-refractivity contribution in [3.63, 3.8) is 0 Å². The van der Waals surface area contributed by atoms with E-state index in [0.29, 0.717) is 13.0 Å². The lowest BCUT2D eigenvalue weighted by Crippen LogP contribution is -2.29. The van der Waals surface area contributed by atoms with Crippen molar-refractivity contribution >= 4 is 27.6 Å². The minimum absolute atomic E-state index is 0.000509. The Morgan fingerprint density at radius 2 is 1.90 bits per heavy atom. The fourth-order valence-electron chi connectivity index (χ4n) is 3.64. The Bertz CT molecular complexity index is 1180. The normalized spacial score (nSPS) is 12.2. The maximum absolute atomic E-state index is 12.6. The second-order valence-electron chi connectivity index (χ2n) is 7.28. The number of hydrogen-bond acceptors (Lipinski definition) is 3. The number of amides is 1. The van der Waals surface area contributed by atoms with E-state index in [0.717, 1.165) is 38.6 Å². The Labute approximate surface area is 169 Å². The molecule has 1 aromatic heterocycles. The summed E-state index contributed by atoms with van der Waals surface area (Å²) in [6.45, 7) is 2.46. The number of carbonyl (C=O) groups is 1.